The van der Waals surface area contributed by atoms with Gasteiger partial charge >= 0.3 is 0 Å². The van der Waals surface area contributed by atoms with Gasteiger partial charge in [0.25, 0.3) is 0 Å². The number of halogens is 1. The summed E-state index contributed by atoms with van der Waals surface area (Å²) in [6, 6.07) is 12.7. The number of hydrogen-bond donors (Lipinski definition) is 2. The lowest BCUT2D eigenvalue weighted by Crippen LogP contribution is -1.99. The summed E-state index contributed by atoms with van der Waals surface area (Å²) in [6.07, 6.45) is 2.87. The molecular formula is C19H21FN2O. The van der Waals surface area contributed by atoms with Crippen LogP contribution < -0.4 is 10.5 Å². The molecule has 0 aliphatic heterocycles. The molecule has 3 N–H and O–H groups in total. The Morgan fingerprint density at radius 1 is 1.13 bits per heavy atom. The van der Waals surface area contributed by atoms with Gasteiger partial charge in [-0.3, -0.25) is 0 Å². The second kappa shape index (κ2) is 6.84. The van der Waals surface area contributed by atoms with E-state index in [-0.39, 0.29) is 5.82 Å². The summed E-state index contributed by atoms with van der Waals surface area (Å²) in [5, 5.41) is 1.13. The predicted octanol–water partition coefficient (Wildman–Crippen LogP) is 4.26. The summed E-state index contributed by atoms with van der Waals surface area (Å²) in [7, 11) is 1.66. The van der Waals surface area contributed by atoms with Crippen LogP contribution in [0.5, 0.6) is 5.75 Å². The Morgan fingerprint density at radius 3 is 2.74 bits per heavy atom. The number of unbranched alkanes of at least 4 members (excludes halogenated alkanes) is 1. The van der Waals surface area contributed by atoms with E-state index in [0.29, 0.717) is 6.54 Å². The highest BCUT2D eigenvalue weighted by molar-refractivity contribution is 5.91. The van der Waals surface area contributed by atoms with Crippen molar-refractivity contribution < 1.29 is 9.13 Å². The van der Waals surface area contributed by atoms with Gasteiger partial charge in [-0.25, -0.2) is 4.39 Å². The summed E-state index contributed by atoms with van der Waals surface area (Å²) in [4.78, 5) is 3.43. The molecule has 3 aromatic rings. The molecule has 2 aromatic carbocycles. The van der Waals surface area contributed by atoms with Crippen molar-refractivity contribution in [3.05, 3.63) is 53.8 Å². The minimum atomic E-state index is -0.230. The molecule has 1 heterocycles. The third kappa shape index (κ3) is 3.22. The topological polar surface area (TPSA) is 51.0 Å². The zero-order valence-electron chi connectivity index (χ0n) is 13.2. The van der Waals surface area contributed by atoms with Gasteiger partial charge in [0.2, 0.25) is 0 Å². The number of hydrogen-bond acceptors (Lipinski definition) is 2. The molecule has 0 saturated carbocycles. The van der Waals surface area contributed by atoms with Crippen molar-refractivity contribution in [2.75, 3.05) is 13.7 Å². The van der Waals surface area contributed by atoms with E-state index in [1.165, 1.54) is 11.6 Å². The second-order valence-electron chi connectivity index (χ2n) is 5.65. The molecule has 0 unspecified atom stereocenters. The summed E-state index contributed by atoms with van der Waals surface area (Å²) < 4.78 is 19.0. The van der Waals surface area contributed by atoms with Gasteiger partial charge in [0, 0.05) is 22.2 Å². The lowest BCUT2D eigenvalue weighted by atomic mass is 10.00. The van der Waals surface area contributed by atoms with Gasteiger partial charge in [-0.1, -0.05) is 12.1 Å². The van der Waals surface area contributed by atoms with Crippen LogP contribution in [0.1, 0.15) is 18.4 Å². The van der Waals surface area contributed by atoms with Gasteiger partial charge in [-0.15, -0.1) is 0 Å². The molecule has 3 rings (SSSR count). The first-order valence-electron chi connectivity index (χ1n) is 7.87. The number of methoxy groups -OCH3 is 1. The summed E-state index contributed by atoms with van der Waals surface area (Å²) in [6.45, 7) is 0.682. The fraction of sp³-hybridized carbons (Fsp3) is 0.263. The molecule has 0 radical (unpaired) electrons. The standard InChI is InChI=1S/C19H21FN2O/c1-23-15-8-9-18-17(12-15)16(7-2-3-10-21)19(22-18)13-5-4-6-14(20)11-13/h4-6,8-9,11-12,22H,2-3,7,10,21H2,1H3. The lowest BCUT2D eigenvalue weighted by Gasteiger charge is -2.06. The Balaban J connectivity index is 2.13. The Morgan fingerprint density at radius 2 is 2.00 bits per heavy atom. The molecule has 0 aliphatic carbocycles. The van der Waals surface area contributed by atoms with Gasteiger partial charge in [-0.05, 0) is 61.7 Å². The van der Waals surface area contributed by atoms with E-state index >= 15 is 0 Å². The van der Waals surface area contributed by atoms with Crippen LogP contribution in [0.2, 0.25) is 0 Å². The van der Waals surface area contributed by atoms with E-state index in [2.05, 4.69) is 4.98 Å². The van der Waals surface area contributed by atoms with Gasteiger partial charge in [0.15, 0.2) is 0 Å². The molecule has 0 fully saturated rings. The van der Waals surface area contributed by atoms with Crippen molar-refractivity contribution in [2.45, 2.75) is 19.3 Å². The van der Waals surface area contributed by atoms with Gasteiger partial charge in [0.1, 0.15) is 11.6 Å². The van der Waals surface area contributed by atoms with Crippen LogP contribution in [0.25, 0.3) is 22.2 Å². The first-order chi connectivity index (χ1) is 11.2. The van der Waals surface area contributed by atoms with Gasteiger partial charge < -0.3 is 15.5 Å². The summed E-state index contributed by atoms with van der Waals surface area (Å²) >= 11 is 0. The SMILES string of the molecule is COc1ccc2[nH]c(-c3cccc(F)c3)c(CCCCN)c2c1. The van der Waals surface area contributed by atoms with E-state index in [0.717, 1.165) is 47.2 Å². The van der Waals surface area contributed by atoms with Crippen molar-refractivity contribution in [3.8, 4) is 17.0 Å². The lowest BCUT2D eigenvalue weighted by molar-refractivity contribution is 0.415. The molecule has 0 bridgehead atoms. The normalized spacial score (nSPS) is 11.1. The highest BCUT2D eigenvalue weighted by Gasteiger charge is 2.14. The maximum absolute atomic E-state index is 13.6. The van der Waals surface area contributed by atoms with Crippen molar-refractivity contribution in [3.63, 3.8) is 0 Å². The third-order valence-electron chi connectivity index (χ3n) is 4.11. The van der Waals surface area contributed by atoms with Crippen LogP contribution in [-0.4, -0.2) is 18.6 Å². The van der Waals surface area contributed by atoms with Crippen molar-refractivity contribution in [2.24, 2.45) is 5.73 Å². The Kier molecular flexibility index (Phi) is 4.63. The number of rotatable bonds is 6. The smallest absolute Gasteiger partial charge is 0.123 e. The largest absolute Gasteiger partial charge is 0.497 e. The van der Waals surface area contributed by atoms with Gasteiger partial charge in [0.05, 0.1) is 7.11 Å². The van der Waals surface area contributed by atoms with Crippen LogP contribution in [0.15, 0.2) is 42.5 Å². The summed E-state index contributed by atoms with van der Waals surface area (Å²) in [5.41, 5.74) is 9.69. The van der Waals surface area contributed by atoms with E-state index in [4.69, 9.17) is 10.5 Å². The van der Waals surface area contributed by atoms with Crippen LogP contribution >= 0.6 is 0 Å². The maximum Gasteiger partial charge on any atom is 0.123 e. The number of aromatic amines is 1. The van der Waals surface area contributed by atoms with Crippen LogP contribution in [0.4, 0.5) is 4.39 Å². The molecular weight excluding hydrogens is 291 g/mol. The zero-order valence-corrected chi connectivity index (χ0v) is 13.2. The molecule has 4 heteroatoms. The molecule has 0 atom stereocenters. The predicted molar refractivity (Wildman–Crippen MR) is 92.2 cm³/mol. The number of aromatic nitrogens is 1. The van der Waals surface area contributed by atoms with Crippen molar-refractivity contribution in [1.82, 2.24) is 4.98 Å². The average Bonchev–Trinajstić information content (AvgIpc) is 2.93. The number of aryl methyl sites for hydroxylation is 1. The monoisotopic (exact) mass is 312 g/mol. The number of ether oxygens (including phenoxy) is 1. The molecule has 0 amide bonds. The molecule has 1 aromatic heterocycles. The van der Waals surface area contributed by atoms with Crippen molar-refractivity contribution >= 4 is 10.9 Å². The third-order valence-corrected chi connectivity index (χ3v) is 4.11. The Labute approximate surface area is 135 Å². The van der Waals surface area contributed by atoms with E-state index in [9.17, 15) is 4.39 Å². The van der Waals surface area contributed by atoms with Crippen molar-refractivity contribution in [1.29, 1.82) is 0 Å². The van der Waals surface area contributed by atoms with Crippen LogP contribution in [-0.2, 0) is 6.42 Å². The Hall–Kier alpha value is -2.33. The van der Waals surface area contributed by atoms with Gasteiger partial charge in [-0.2, -0.15) is 0 Å². The quantitative estimate of drug-likeness (QED) is 0.668. The average molecular weight is 312 g/mol. The number of benzene rings is 2. The number of nitrogens with two attached hydrogens (primary N) is 1. The van der Waals surface area contributed by atoms with E-state index in [1.54, 1.807) is 19.2 Å². The molecule has 120 valence electrons. The summed E-state index contributed by atoms with van der Waals surface area (Å²) in [5.74, 6) is 0.592. The molecule has 0 saturated heterocycles. The minimum absolute atomic E-state index is 0.230. The number of fused-ring (bicyclic) bond motifs is 1. The fourth-order valence-electron chi connectivity index (χ4n) is 2.95. The Bertz CT molecular complexity index is 810. The molecule has 0 aliphatic rings. The zero-order chi connectivity index (χ0) is 16.2. The first-order valence-corrected chi connectivity index (χ1v) is 7.87. The highest BCUT2D eigenvalue weighted by Crippen LogP contribution is 2.33. The fourth-order valence-corrected chi connectivity index (χ4v) is 2.95. The van der Waals surface area contributed by atoms with E-state index in [1.807, 2.05) is 24.3 Å². The number of H-pyrrole nitrogens is 1. The van der Waals surface area contributed by atoms with Crippen LogP contribution in [0.3, 0.4) is 0 Å². The van der Waals surface area contributed by atoms with E-state index < -0.39 is 0 Å². The molecule has 0 spiro atoms. The molecule has 3 nitrogen and oxygen atoms in total. The second-order valence-corrected chi connectivity index (χ2v) is 5.65. The van der Waals surface area contributed by atoms with Crippen LogP contribution in [0, 0.1) is 5.82 Å². The maximum atomic E-state index is 13.6. The highest BCUT2D eigenvalue weighted by atomic mass is 19.1. The first kappa shape index (κ1) is 15.6. The number of nitrogens with one attached hydrogen (secondary N) is 1. The minimum Gasteiger partial charge on any atom is -0.497 e. The molecule has 23 heavy (non-hydrogen) atoms.